The number of hydrogen-bond acceptors (Lipinski definition) is 5. The third kappa shape index (κ3) is 1.89. The standard InChI is InChI=1S/C15H17N3O2/c1-9(11-7-16-8-11)15-17-14(18-20-15)13-6-10-4-2-3-5-12(10)19-13/h2-5,9,11,13,16H,6-8H2,1H3. The van der Waals surface area contributed by atoms with Crippen LogP contribution in [0.25, 0.3) is 0 Å². The maximum absolute atomic E-state index is 5.89. The van der Waals surface area contributed by atoms with Gasteiger partial charge in [0.1, 0.15) is 5.75 Å². The summed E-state index contributed by atoms with van der Waals surface area (Å²) in [6.07, 6.45) is 0.700. The lowest BCUT2D eigenvalue weighted by Crippen LogP contribution is -2.44. The minimum absolute atomic E-state index is 0.114. The molecule has 1 N–H and O–H groups in total. The summed E-state index contributed by atoms with van der Waals surface area (Å²) in [7, 11) is 0. The number of fused-ring (bicyclic) bond motifs is 1. The number of hydrogen-bond donors (Lipinski definition) is 1. The van der Waals surface area contributed by atoms with E-state index in [9.17, 15) is 0 Å². The number of benzene rings is 1. The number of nitrogens with one attached hydrogen (secondary N) is 1. The Hall–Kier alpha value is -1.88. The molecule has 2 unspecified atom stereocenters. The third-order valence-corrected chi connectivity index (χ3v) is 4.30. The van der Waals surface area contributed by atoms with Crippen LogP contribution >= 0.6 is 0 Å². The lowest BCUT2D eigenvalue weighted by molar-refractivity contribution is 0.219. The molecule has 0 spiro atoms. The molecule has 1 fully saturated rings. The van der Waals surface area contributed by atoms with E-state index in [1.165, 1.54) is 5.56 Å². The highest BCUT2D eigenvalue weighted by Gasteiger charge is 2.32. The molecule has 2 aliphatic rings. The zero-order valence-corrected chi connectivity index (χ0v) is 11.4. The zero-order valence-electron chi connectivity index (χ0n) is 11.4. The third-order valence-electron chi connectivity index (χ3n) is 4.30. The van der Waals surface area contributed by atoms with Crippen LogP contribution in [0.1, 0.15) is 36.2 Å². The van der Waals surface area contributed by atoms with E-state index in [4.69, 9.17) is 9.26 Å². The van der Waals surface area contributed by atoms with E-state index in [-0.39, 0.29) is 6.10 Å². The Morgan fingerprint density at radius 3 is 2.90 bits per heavy atom. The van der Waals surface area contributed by atoms with Crippen molar-refractivity contribution in [1.82, 2.24) is 15.5 Å². The van der Waals surface area contributed by atoms with Gasteiger partial charge in [0, 0.05) is 12.3 Å². The SMILES string of the molecule is CC(c1nc(C2Cc3ccccc3O2)no1)C1CNC1. The fourth-order valence-corrected chi connectivity index (χ4v) is 2.76. The van der Waals surface area contributed by atoms with Gasteiger partial charge >= 0.3 is 0 Å². The molecule has 1 aromatic heterocycles. The maximum atomic E-state index is 5.89. The van der Waals surface area contributed by atoms with Crippen LogP contribution in [0.15, 0.2) is 28.8 Å². The zero-order chi connectivity index (χ0) is 13.5. The largest absolute Gasteiger partial charge is 0.482 e. The van der Waals surface area contributed by atoms with Crippen molar-refractivity contribution < 1.29 is 9.26 Å². The molecule has 0 amide bonds. The fourth-order valence-electron chi connectivity index (χ4n) is 2.76. The summed E-state index contributed by atoms with van der Waals surface area (Å²) in [5.41, 5.74) is 1.21. The Labute approximate surface area is 117 Å². The molecule has 2 atom stereocenters. The van der Waals surface area contributed by atoms with Crippen molar-refractivity contribution in [2.24, 2.45) is 5.92 Å². The van der Waals surface area contributed by atoms with Gasteiger partial charge in [0.25, 0.3) is 0 Å². The Morgan fingerprint density at radius 1 is 1.30 bits per heavy atom. The molecular weight excluding hydrogens is 254 g/mol. The average Bonchev–Trinajstić information content (AvgIpc) is 3.03. The van der Waals surface area contributed by atoms with E-state index in [0.29, 0.717) is 17.7 Å². The van der Waals surface area contributed by atoms with Gasteiger partial charge in [-0.05, 0) is 30.6 Å². The van der Waals surface area contributed by atoms with Crippen molar-refractivity contribution in [3.8, 4) is 5.75 Å². The highest BCUT2D eigenvalue weighted by Crippen LogP contribution is 2.36. The molecule has 2 aromatic rings. The minimum Gasteiger partial charge on any atom is -0.482 e. The van der Waals surface area contributed by atoms with Crippen LogP contribution in [0.4, 0.5) is 0 Å². The molecule has 1 aromatic carbocycles. The number of para-hydroxylation sites is 1. The van der Waals surface area contributed by atoms with Crippen molar-refractivity contribution in [1.29, 1.82) is 0 Å². The first kappa shape index (κ1) is 11.9. The fraction of sp³-hybridized carbons (Fsp3) is 0.467. The Kier molecular flexibility index (Phi) is 2.73. The smallest absolute Gasteiger partial charge is 0.229 e. The monoisotopic (exact) mass is 271 g/mol. The molecule has 1 saturated heterocycles. The van der Waals surface area contributed by atoms with Crippen LogP contribution in [0.3, 0.4) is 0 Å². The lowest BCUT2D eigenvalue weighted by Gasteiger charge is -2.30. The number of aromatic nitrogens is 2. The number of nitrogens with zero attached hydrogens (tertiary/aromatic N) is 2. The van der Waals surface area contributed by atoms with Gasteiger partial charge in [0.2, 0.25) is 11.7 Å². The van der Waals surface area contributed by atoms with Crippen molar-refractivity contribution in [3.05, 3.63) is 41.5 Å². The van der Waals surface area contributed by atoms with Crippen LogP contribution < -0.4 is 10.1 Å². The molecular formula is C15H17N3O2. The van der Waals surface area contributed by atoms with Crippen molar-refractivity contribution in [2.45, 2.75) is 25.4 Å². The minimum atomic E-state index is -0.114. The first-order valence-corrected chi connectivity index (χ1v) is 7.10. The van der Waals surface area contributed by atoms with Crippen LogP contribution in [0.2, 0.25) is 0 Å². The lowest BCUT2D eigenvalue weighted by atomic mass is 9.89. The van der Waals surface area contributed by atoms with Gasteiger partial charge in [-0.1, -0.05) is 30.3 Å². The van der Waals surface area contributed by atoms with Gasteiger partial charge < -0.3 is 14.6 Å². The molecule has 3 heterocycles. The molecule has 2 aliphatic heterocycles. The normalized spacial score (nSPS) is 22.9. The predicted molar refractivity (Wildman–Crippen MR) is 72.6 cm³/mol. The second kappa shape index (κ2) is 4.59. The van der Waals surface area contributed by atoms with Gasteiger partial charge in [0.05, 0.1) is 0 Å². The first-order valence-electron chi connectivity index (χ1n) is 7.10. The van der Waals surface area contributed by atoms with Crippen molar-refractivity contribution in [3.63, 3.8) is 0 Å². The Morgan fingerprint density at radius 2 is 2.15 bits per heavy atom. The van der Waals surface area contributed by atoms with Crippen molar-refractivity contribution >= 4 is 0 Å². The van der Waals surface area contributed by atoms with Gasteiger partial charge in [-0.2, -0.15) is 4.98 Å². The summed E-state index contributed by atoms with van der Waals surface area (Å²) in [5.74, 6) is 3.23. The summed E-state index contributed by atoms with van der Waals surface area (Å²) >= 11 is 0. The van der Waals surface area contributed by atoms with Gasteiger partial charge in [-0.3, -0.25) is 0 Å². The molecule has 0 radical (unpaired) electrons. The predicted octanol–water partition coefficient (Wildman–Crippen LogP) is 2.07. The van der Waals surface area contributed by atoms with E-state index in [2.05, 4.69) is 28.4 Å². The van der Waals surface area contributed by atoms with Gasteiger partial charge in [-0.25, -0.2) is 0 Å². The van der Waals surface area contributed by atoms with Crippen LogP contribution in [-0.4, -0.2) is 23.2 Å². The van der Waals surface area contributed by atoms with E-state index in [0.717, 1.165) is 31.2 Å². The Balaban J connectivity index is 1.52. The topological polar surface area (TPSA) is 60.2 Å². The highest BCUT2D eigenvalue weighted by atomic mass is 16.5. The Bertz CT molecular complexity index is 596. The van der Waals surface area contributed by atoms with Crippen molar-refractivity contribution in [2.75, 3.05) is 13.1 Å². The number of ether oxygens (including phenoxy) is 1. The molecule has 4 rings (SSSR count). The van der Waals surface area contributed by atoms with Crippen LogP contribution in [0.5, 0.6) is 5.75 Å². The summed E-state index contributed by atoms with van der Waals surface area (Å²) < 4.78 is 11.3. The molecule has 5 nitrogen and oxygen atoms in total. The second-order valence-corrected chi connectivity index (χ2v) is 5.62. The van der Waals surface area contributed by atoms with E-state index < -0.39 is 0 Å². The van der Waals surface area contributed by atoms with Crippen LogP contribution in [-0.2, 0) is 6.42 Å². The summed E-state index contributed by atoms with van der Waals surface area (Å²) in [4.78, 5) is 4.55. The molecule has 0 aliphatic carbocycles. The number of rotatable bonds is 3. The van der Waals surface area contributed by atoms with Gasteiger partial charge in [-0.15, -0.1) is 0 Å². The molecule has 5 heteroatoms. The maximum Gasteiger partial charge on any atom is 0.229 e. The van der Waals surface area contributed by atoms with E-state index in [1.807, 2.05) is 18.2 Å². The molecule has 104 valence electrons. The van der Waals surface area contributed by atoms with Gasteiger partial charge in [0.15, 0.2) is 6.10 Å². The average molecular weight is 271 g/mol. The molecule has 0 saturated carbocycles. The summed E-state index contributed by atoms with van der Waals surface area (Å²) in [6.45, 7) is 4.21. The first-order chi connectivity index (χ1) is 9.81. The quantitative estimate of drug-likeness (QED) is 0.926. The summed E-state index contributed by atoms with van der Waals surface area (Å²) in [5, 5.41) is 7.38. The van der Waals surface area contributed by atoms with E-state index >= 15 is 0 Å². The van der Waals surface area contributed by atoms with E-state index in [1.54, 1.807) is 0 Å². The molecule has 20 heavy (non-hydrogen) atoms. The summed E-state index contributed by atoms with van der Waals surface area (Å²) in [6, 6.07) is 8.07. The van der Waals surface area contributed by atoms with Crippen LogP contribution in [0, 0.1) is 5.92 Å². The second-order valence-electron chi connectivity index (χ2n) is 5.62. The highest BCUT2D eigenvalue weighted by molar-refractivity contribution is 5.37. The molecule has 0 bridgehead atoms.